The van der Waals surface area contributed by atoms with Crippen molar-refractivity contribution in [1.82, 2.24) is 9.88 Å². The molecular weight excluding hydrogens is 264 g/mol. The van der Waals surface area contributed by atoms with E-state index >= 15 is 0 Å². The lowest BCUT2D eigenvalue weighted by Gasteiger charge is -2.35. The Bertz CT molecular complexity index is 725. The Balaban J connectivity index is 2.03. The molecule has 1 aromatic carbocycles. The summed E-state index contributed by atoms with van der Waals surface area (Å²) in [7, 11) is 0. The highest BCUT2D eigenvalue weighted by atomic mass is 16.2. The molecular formula is C17H20N2O2. The van der Waals surface area contributed by atoms with E-state index in [1.807, 2.05) is 29.2 Å². The Morgan fingerprint density at radius 1 is 1.19 bits per heavy atom. The average Bonchev–Trinajstić information content (AvgIpc) is 2.44. The van der Waals surface area contributed by atoms with Crippen LogP contribution in [0, 0.1) is 11.8 Å². The summed E-state index contributed by atoms with van der Waals surface area (Å²) < 4.78 is 0. The van der Waals surface area contributed by atoms with Crippen LogP contribution in [0.5, 0.6) is 0 Å². The van der Waals surface area contributed by atoms with Crippen molar-refractivity contribution < 1.29 is 4.79 Å². The SMILES string of the molecule is CC1CC(C)CN(C(=O)c2cc(=O)[nH]c3ccccc23)C1. The highest BCUT2D eigenvalue weighted by molar-refractivity contribution is 6.05. The molecule has 1 N–H and O–H groups in total. The van der Waals surface area contributed by atoms with Crippen molar-refractivity contribution in [2.75, 3.05) is 13.1 Å². The van der Waals surface area contributed by atoms with Gasteiger partial charge in [0, 0.05) is 30.1 Å². The number of benzene rings is 1. The van der Waals surface area contributed by atoms with E-state index in [2.05, 4.69) is 18.8 Å². The maximum Gasteiger partial charge on any atom is 0.254 e. The summed E-state index contributed by atoms with van der Waals surface area (Å²) in [6.45, 7) is 5.88. The van der Waals surface area contributed by atoms with Gasteiger partial charge in [-0.15, -0.1) is 0 Å². The molecule has 2 aromatic rings. The molecule has 4 nitrogen and oxygen atoms in total. The summed E-state index contributed by atoms with van der Waals surface area (Å²) in [5.74, 6) is 0.979. The van der Waals surface area contributed by atoms with Gasteiger partial charge >= 0.3 is 0 Å². The maximum absolute atomic E-state index is 12.8. The van der Waals surface area contributed by atoms with Crippen LogP contribution < -0.4 is 5.56 Å². The minimum atomic E-state index is -0.227. The molecule has 1 aliphatic rings. The van der Waals surface area contributed by atoms with Crippen molar-refractivity contribution in [3.8, 4) is 0 Å². The Labute approximate surface area is 123 Å². The number of pyridine rings is 1. The second-order valence-electron chi connectivity index (χ2n) is 6.25. The number of nitrogens with one attached hydrogen (secondary N) is 1. The molecule has 1 fully saturated rings. The molecule has 21 heavy (non-hydrogen) atoms. The number of amides is 1. The summed E-state index contributed by atoms with van der Waals surface area (Å²) in [6, 6.07) is 8.88. The number of H-pyrrole nitrogens is 1. The zero-order chi connectivity index (χ0) is 15.0. The van der Waals surface area contributed by atoms with Crippen LogP contribution >= 0.6 is 0 Å². The van der Waals surface area contributed by atoms with Gasteiger partial charge in [-0.05, 0) is 24.3 Å². The topological polar surface area (TPSA) is 53.2 Å². The first-order chi connectivity index (χ1) is 10.0. The largest absolute Gasteiger partial charge is 0.338 e. The third-order valence-electron chi connectivity index (χ3n) is 4.14. The lowest BCUT2D eigenvalue weighted by molar-refractivity contribution is 0.0625. The number of carbonyl (C=O) groups is 1. The Kier molecular flexibility index (Phi) is 3.53. The third kappa shape index (κ3) is 2.71. The molecule has 1 amide bonds. The summed E-state index contributed by atoms with van der Waals surface area (Å²) >= 11 is 0. The van der Waals surface area contributed by atoms with E-state index in [-0.39, 0.29) is 11.5 Å². The standard InChI is InChI=1S/C17H20N2O2/c1-11-7-12(2)10-19(9-11)17(21)14-8-16(20)18-15-6-4-3-5-13(14)15/h3-6,8,11-12H,7,9-10H2,1-2H3,(H,18,20). The van der Waals surface area contributed by atoms with Crippen molar-refractivity contribution in [3.05, 3.63) is 46.2 Å². The molecule has 1 aliphatic heterocycles. The molecule has 4 heteroatoms. The predicted molar refractivity (Wildman–Crippen MR) is 83.4 cm³/mol. The van der Waals surface area contributed by atoms with Crippen molar-refractivity contribution in [3.63, 3.8) is 0 Å². The summed E-state index contributed by atoms with van der Waals surface area (Å²) in [5.41, 5.74) is 0.997. The molecule has 0 bridgehead atoms. The molecule has 0 spiro atoms. The number of likely N-dealkylation sites (tertiary alicyclic amines) is 1. The van der Waals surface area contributed by atoms with E-state index in [0.717, 1.165) is 24.9 Å². The monoisotopic (exact) mass is 284 g/mol. The summed E-state index contributed by atoms with van der Waals surface area (Å²) in [4.78, 5) is 29.3. The van der Waals surface area contributed by atoms with Gasteiger partial charge in [0.1, 0.15) is 0 Å². The van der Waals surface area contributed by atoms with Crippen molar-refractivity contribution in [2.24, 2.45) is 11.8 Å². The first-order valence-corrected chi connectivity index (χ1v) is 7.46. The molecule has 2 unspecified atom stereocenters. The highest BCUT2D eigenvalue weighted by Gasteiger charge is 2.27. The molecule has 0 aliphatic carbocycles. The summed E-state index contributed by atoms with van der Waals surface area (Å²) in [6.07, 6.45) is 1.15. The predicted octanol–water partition coefficient (Wildman–Crippen LogP) is 2.65. The molecule has 1 aromatic heterocycles. The van der Waals surface area contributed by atoms with Gasteiger partial charge < -0.3 is 9.88 Å². The van der Waals surface area contributed by atoms with E-state index in [1.165, 1.54) is 6.07 Å². The zero-order valence-corrected chi connectivity index (χ0v) is 12.4. The number of aromatic amines is 1. The molecule has 2 atom stereocenters. The van der Waals surface area contributed by atoms with Crippen LogP contribution in [0.15, 0.2) is 35.1 Å². The number of piperidine rings is 1. The van der Waals surface area contributed by atoms with Crippen molar-refractivity contribution in [1.29, 1.82) is 0 Å². The highest BCUT2D eigenvalue weighted by Crippen LogP contribution is 2.24. The molecule has 0 radical (unpaired) electrons. The van der Waals surface area contributed by atoms with Crippen LogP contribution in [0.1, 0.15) is 30.6 Å². The number of aromatic nitrogens is 1. The quantitative estimate of drug-likeness (QED) is 0.875. The van der Waals surface area contributed by atoms with Gasteiger partial charge in [0.2, 0.25) is 5.56 Å². The molecule has 3 rings (SSSR count). The number of rotatable bonds is 1. The first-order valence-electron chi connectivity index (χ1n) is 7.46. The average molecular weight is 284 g/mol. The van der Waals surface area contributed by atoms with Crippen molar-refractivity contribution >= 4 is 16.8 Å². The smallest absolute Gasteiger partial charge is 0.254 e. The number of para-hydroxylation sites is 1. The van der Waals surface area contributed by atoms with E-state index < -0.39 is 0 Å². The van der Waals surface area contributed by atoms with Gasteiger partial charge in [-0.1, -0.05) is 32.0 Å². The number of hydrogen-bond acceptors (Lipinski definition) is 2. The second-order valence-corrected chi connectivity index (χ2v) is 6.25. The third-order valence-corrected chi connectivity index (χ3v) is 4.14. The van der Waals surface area contributed by atoms with Gasteiger partial charge in [-0.25, -0.2) is 0 Å². The summed E-state index contributed by atoms with van der Waals surface area (Å²) in [5, 5.41) is 0.813. The van der Waals surface area contributed by atoms with E-state index in [9.17, 15) is 9.59 Å². The van der Waals surface area contributed by atoms with E-state index in [0.29, 0.717) is 22.9 Å². The fraction of sp³-hybridized carbons (Fsp3) is 0.412. The van der Waals surface area contributed by atoms with Gasteiger partial charge in [-0.3, -0.25) is 9.59 Å². The van der Waals surface area contributed by atoms with Crippen LogP contribution in [-0.2, 0) is 0 Å². The van der Waals surface area contributed by atoms with Gasteiger partial charge in [-0.2, -0.15) is 0 Å². The number of nitrogens with zero attached hydrogens (tertiary/aromatic N) is 1. The molecule has 0 saturated carbocycles. The Morgan fingerprint density at radius 2 is 1.86 bits per heavy atom. The fourth-order valence-electron chi connectivity index (χ4n) is 3.38. The van der Waals surface area contributed by atoms with Crippen LogP contribution in [0.2, 0.25) is 0 Å². The van der Waals surface area contributed by atoms with E-state index in [4.69, 9.17) is 0 Å². The van der Waals surface area contributed by atoms with Crippen LogP contribution in [-0.4, -0.2) is 28.9 Å². The van der Waals surface area contributed by atoms with Gasteiger partial charge in [0.05, 0.1) is 5.56 Å². The molecule has 110 valence electrons. The Morgan fingerprint density at radius 3 is 2.57 bits per heavy atom. The lowest BCUT2D eigenvalue weighted by Crippen LogP contribution is -2.42. The fourth-order valence-corrected chi connectivity index (χ4v) is 3.38. The van der Waals surface area contributed by atoms with Gasteiger partial charge in [0.15, 0.2) is 0 Å². The molecule has 2 heterocycles. The lowest BCUT2D eigenvalue weighted by atomic mass is 9.91. The van der Waals surface area contributed by atoms with E-state index in [1.54, 1.807) is 0 Å². The normalized spacial score (nSPS) is 22.5. The van der Waals surface area contributed by atoms with Crippen LogP contribution in [0.4, 0.5) is 0 Å². The number of carbonyl (C=O) groups excluding carboxylic acids is 1. The minimum Gasteiger partial charge on any atom is -0.338 e. The zero-order valence-electron chi connectivity index (χ0n) is 12.4. The number of hydrogen-bond donors (Lipinski definition) is 1. The van der Waals surface area contributed by atoms with Crippen molar-refractivity contribution in [2.45, 2.75) is 20.3 Å². The van der Waals surface area contributed by atoms with Gasteiger partial charge in [0.25, 0.3) is 5.91 Å². The van der Waals surface area contributed by atoms with Crippen LogP contribution in [0.3, 0.4) is 0 Å². The Hall–Kier alpha value is -2.10. The maximum atomic E-state index is 12.8. The molecule has 1 saturated heterocycles. The number of fused-ring (bicyclic) bond motifs is 1. The second kappa shape index (κ2) is 5.35. The van der Waals surface area contributed by atoms with Crippen LogP contribution in [0.25, 0.3) is 10.9 Å². The first kappa shape index (κ1) is 13.9. The minimum absolute atomic E-state index is 0.0318.